The Morgan fingerprint density at radius 1 is 1.06 bits per heavy atom. The minimum Gasteiger partial charge on any atom is -0.459 e. The van der Waals surface area contributed by atoms with Gasteiger partial charge in [0.05, 0.1) is 17.6 Å². The minimum absolute atomic E-state index is 0.0175. The van der Waals surface area contributed by atoms with Crippen molar-refractivity contribution in [3.05, 3.63) is 65.4 Å². The smallest absolute Gasteiger partial charge is 0.287 e. The van der Waals surface area contributed by atoms with Gasteiger partial charge in [0.1, 0.15) is 0 Å². The average molecular weight is 419 g/mol. The molecular formula is C23H25N5O3. The minimum atomic E-state index is -0.200. The number of aryl methyl sites for hydroxylation is 1. The van der Waals surface area contributed by atoms with Gasteiger partial charge in [-0.15, -0.1) is 5.10 Å². The number of carbonyl (C=O) groups is 2. The van der Waals surface area contributed by atoms with Crippen LogP contribution in [0.4, 0.5) is 0 Å². The topological polar surface area (TPSA) is 93.3 Å². The summed E-state index contributed by atoms with van der Waals surface area (Å²) in [5, 5.41) is 11.6. The quantitative estimate of drug-likeness (QED) is 0.686. The maximum absolute atomic E-state index is 13.3. The number of nitrogens with one attached hydrogen (secondary N) is 1. The van der Waals surface area contributed by atoms with E-state index >= 15 is 0 Å². The van der Waals surface area contributed by atoms with Crippen LogP contribution < -0.4 is 5.32 Å². The summed E-state index contributed by atoms with van der Waals surface area (Å²) >= 11 is 0. The van der Waals surface area contributed by atoms with Gasteiger partial charge in [-0.1, -0.05) is 23.4 Å². The van der Waals surface area contributed by atoms with Gasteiger partial charge in [0, 0.05) is 30.6 Å². The summed E-state index contributed by atoms with van der Waals surface area (Å²) in [6, 6.07) is 11.6. The molecule has 2 fully saturated rings. The molecule has 1 saturated heterocycles. The van der Waals surface area contributed by atoms with Crippen molar-refractivity contribution in [2.45, 2.75) is 44.6 Å². The van der Waals surface area contributed by atoms with Crippen molar-refractivity contribution >= 4 is 11.8 Å². The number of hydrogen-bond acceptors (Lipinski definition) is 5. The highest BCUT2D eigenvalue weighted by Gasteiger charge is 2.36. The Morgan fingerprint density at radius 3 is 2.45 bits per heavy atom. The molecule has 160 valence electrons. The summed E-state index contributed by atoms with van der Waals surface area (Å²) in [6.07, 6.45) is 5.03. The average Bonchev–Trinajstić information content (AvgIpc) is 3.38. The van der Waals surface area contributed by atoms with E-state index in [2.05, 4.69) is 15.6 Å². The van der Waals surface area contributed by atoms with Crippen molar-refractivity contribution in [2.24, 2.45) is 0 Å². The van der Waals surface area contributed by atoms with E-state index in [4.69, 9.17) is 4.42 Å². The summed E-state index contributed by atoms with van der Waals surface area (Å²) in [5.41, 5.74) is 3.12. The first-order valence-corrected chi connectivity index (χ1v) is 10.8. The molecule has 8 nitrogen and oxygen atoms in total. The zero-order chi connectivity index (χ0) is 21.4. The molecule has 5 rings (SSSR count). The number of amides is 2. The lowest BCUT2D eigenvalue weighted by Crippen LogP contribution is -2.46. The maximum atomic E-state index is 13.3. The van der Waals surface area contributed by atoms with Gasteiger partial charge >= 0.3 is 0 Å². The fraction of sp³-hybridized carbons (Fsp3) is 0.391. The van der Waals surface area contributed by atoms with E-state index in [0.717, 1.165) is 29.8 Å². The molecule has 3 heterocycles. The highest BCUT2D eigenvalue weighted by Crippen LogP contribution is 2.42. The highest BCUT2D eigenvalue weighted by atomic mass is 16.3. The van der Waals surface area contributed by atoms with Crippen LogP contribution in [-0.2, 0) is 0 Å². The van der Waals surface area contributed by atoms with Crippen molar-refractivity contribution in [1.82, 2.24) is 25.2 Å². The van der Waals surface area contributed by atoms with Crippen LogP contribution in [-0.4, -0.2) is 50.8 Å². The first-order valence-electron chi connectivity index (χ1n) is 10.8. The number of piperidine rings is 1. The number of furan rings is 1. The number of benzene rings is 1. The Balaban J connectivity index is 1.26. The van der Waals surface area contributed by atoms with E-state index in [0.29, 0.717) is 43.3 Å². The molecule has 1 N–H and O–H groups in total. The molecule has 1 aromatic carbocycles. The Hall–Kier alpha value is -3.42. The molecule has 1 saturated carbocycles. The number of likely N-dealkylation sites (tertiary alicyclic amines) is 1. The summed E-state index contributed by atoms with van der Waals surface area (Å²) in [4.78, 5) is 27.5. The van der Waals surface area contributed by atoms with E-state index < -0.39 is 0 Å². The van der Waals surface area contributed by atoms with Gasteiger partial charge < -0.3 is 14.6 Å². The predicted octanol–water partition coefficient (Wildman–Crippen LogP) is 3.08. The van der Waals surface area contributed by atoms with Crippen LogP contribution in [0.15, 0.2) is 47.1 Å². The zero-order valence-electron chi connectivity index (χ0n) is 17.5. The van der Waals surface area contributed by atoms with Crippen LogP contribution in [0.2, 0.25) is 0 Å². The molecule has 0 atom stereocenters. The summed E-state index contributed by atoms with van der Waals surface area (Å²) in [5.74, 6) is 0.414. The number of aromatic nitrogens is 3. The number of carbonyl (C=O) groups excluding carboxylic acids is 2. The largest absolute Gasteiger partial charge is 0.459 e. The van der Waals surface area contributed by atoms with Gasteiger partial charge in [-0.2, -0.15) is 0 Å². The summed E-state index contributed by atoms with van der Waals surface area (Å²) < 4.78 is 7.08. The van der Waals surface area contributed by atoms with E-state index in [-0.39, 0.29) is 17.9 Å². The zero-order valence-corrected chi connectivity index (χ0v) is 17.5. The number of nitrogens with zero attached hydrogens (tertiary/aromatic N) is 4. The first-order chi connectivity index (χ1) is 15.1. The Kier molecular flexibility index (Phi) is 5.05. The molecule has 2 aliphatic rings. The second-order valence-corrected chi connectivity index (χ2v) is 8.32. The number of para-hydroxylation sites is 1. The number of rotatable bonds is 5. The first kappa shape index (κ1) is 19.5. The second-order valence-electron chi connectivity index (χ2n) is 8.32. The third kappa shape index (κ3) is 3.85. The van der Waals surface area contributed by atoms with Gasteiger partial charge in [0.15, 0.2) is 11.5 Å². The van der Waals surface area contributed by atoms with Crippen molar-refractivity contribution in [1.29, 1.82) is 0 Å². The van der Waals surface area contributed by atoms with E-state index in [1.54, 1.807) is 6.07 Å². The third-order valence-corrected chi connectivity index (χ3v) is 6.06. The highest BCUT2D eigenvalue weighted by molar-refractivity contribution is 5.94. The molecule has 0 radical (unpaired) electrons. The van der Waals surface area contributed by atoms with Crippen molar-refractivity contribution in [2.75, 3.05) is 13.1 Å². The lowest BCUT2D eigenvalue weighted by Gasteiger charge is -2.32. The monoisotopic (exact) mass is 419 g/mol. The van der Waals surface area contributed by atoms with E-state index in [1.807, 2.05) is 46.8 Å². The van der Waals surface area contributed by atoms with E-state index in [1.165, 1.54) is 6.26 Å². The predicted molar refractivity (Wildman–Crippen MR) is 113 cm³/mol. The summed E-state index contributed by atoms with van der Waals surface area (Å²) in [6.45, 7) is 2.99. The Morgan fingerprint density at radius 2 is 1.81 bits per heavy atom. The molecule has 2 amide bonds. The van der Waals surface area contributed by atoms with Gasteiger partial charge in [-0.3, -0.25) is 9.59 Å². The van der Waals surface area contributed by atoms with Crippen molar-refractivity contribution in [3.63, 3.8) is 0 Å². The molecule has 3 aromatic rings. The summed E-state index contributed by atoms with van der Waals surface area (Å²) in [7, 11) is 0. The molecule has 0 bridgehead atoms. The van der Waals surface area contributed by atoms with Gasteiger partial charge in [0.25, 0.3) is 11.8 Å². The van der Waals surface area contributed by atoms with Crippen molar-refractivity contribution < 1.29 is 14.0 Å². The SMILES string of the molecule is Cc1ccoc1C(=O)NC1CCN(C(=O)c2nnn(-c3ccccc3)c2C2CC2)CC1. The molecule has 8 heteroatoms. The van der Waals surface area contributed by atoms with E-state index in [9.17, 15) is 9.59 Å². The van der Waals surface area contributed by atoms with Crippen molar-refractivity contribution in [3.8, 4) is 5.69 Å². The lowest BCUT2D eigenvalue weighted by molar-refractivity contribution is 0.0689. The van der Waals surface area contributed by atoms with Crippen LogP contribution in [0.25, 0.3) is 5.69 Å². The lowest BCUT2D eigenvalue weighted by atomic mass is 10.0. The molecule has 2 aromatic heterocycles. The van der Waals surface area contributed by atoms with Crippen LogP contribution in [0, 0.1) is 6.92 Å². The molecular weight excluding hydrogens is 394 g/mol. The molecule has 0 unspecified atom stereocenters. The van der Waals surface area contributed by atoms with Gasteiger partial charge in [-0.05, 0) is 50.8 Å². The fourth-order valence-electron chi connectivity index (χ4n) is 4.16. The molecule has 31 heavy (non-hydrogen) atoms. The standard InChI is InChI=1S/C23H25N5O3/c1-15-11-14-31-21(15)22(29)24-17-9-12-27(13-10-17)23(30)19-20(16-7-8-16)28(26-25-19)18-5-3-2-4-6-18/h2-6,11,14,16-17H,7-10,12-13H2,1H3,(H,24,29). The van der Waals surface area contributed by atoms with Gasteiger partial charge in [0.2, 0.25) is 0 Å². The van der Waals surface area contributed by atoms with Crippen LogP contribution in [0.5, 0.6) is 0 Å². The molecule has 1 aliphatic heterocycles. The molecule has 0 spiro atoms. The molecule has 1 aliphatic carbocycles. The fourth-order valence-corrected chi connectivity index (χ4v) is 4.16. The normalized spacial score (nSPS) is 17.0. The maximum Gasteiger partial charge on any atom is 0.287 e. The Bertz CT molecular complexity index is 1090. The number of hydrogen-bond donors (Lipinski definition) is 1. The Labute approximate surface area is 180 Å². The van der Waals surface area contributed by atoms with Crippen LogP contribution in [0.1, 0.15) is 63.9 Å². The van der Waals surface area contributed by atoms with Gasteiger partial charge in [-0.25, -0.2) is 4.68 Å². The third-order valence-electron chi connectivity index (χ3n) is 6.06. The van der Waals surface area contributed by atoms with Crippen LogP contribution in [0.3, 0.4) is 0 Å². The van der Waals surface area contributed by atoms with Crippen LogP contribution >= 0.6 is 0 Å². The second kappa shape index (κ2) is 8.02.